The first-order chi connectivity index (χ1) is 8.41. The number of hydrogen-bond donors (Lipinski definition) is 1. The smallest absolute Gasteiger partial charge is 0.679 e. The molecule has 0 aliphatic heterocycles. The average molecular weight is 339 g/mol. The second-order valence-electron chi connectivity index (χ2n) is 2.20. The van der Waals surface area contributed by atoms with Gasteiger partial charge in [0.25, 0.3) is 0 Å². The van der Waals surface area contributed by atoms with E-state index in [1.54, 1.807) is 0 Å². The molecule has 0 unspecified atom stereocenters. The summed E-state index contributed by atoms with van der Waals surface area (Å²) >= 11 is 0. The van der Waals surface area contributed by atoms with Crippen LogP contribution in [0.1, 0.15) is 0 Å². The van der Waals surface area contributed by atoms with Crippen molar-refractivity contribution in [3.8, 4) is 0 Å². The van der Waals surface area contributed by atoms with Crippen LogP contribution in [0.5, 0.6) is 0 Å². The summed E-state index contributed by atoms with van der Waals surface area (Å²) in [4.78, 5) is 22.5. The minimum absolute atomic E-state index is 0. The summed E-state index contributed by atoms with van der Waals surface area (Å²) in [5.74, 6) is 0. The van der Waals surface area contributed by atoms with Gasteiger partial charge < -0.3 is 56.4 Å². The van der Waals surface area contributed by atoms with Crippen molar-refractivity contribution in [3.63, 3.8) is 0 Å². The van der Waals surface area contributed by atoms with E-state index in [0.29, 0.717) is 13.1 Å². The molecule has 0 aliphatic rings. The van der Waals surface area contributed by atoms with E-state index in [9.17, 15) is 0 Å². The van der Waals surface area contributed by atoms with Crippen LogP contribution < -0.4 is 5.32 Å². The third-order valence-corrected chi connectivity index (χ3v) is 1.21. The van der Waals surface area contributed by atoms with Gasteiger partial charge in [0.2, 0.25) is 0 Å². The molecule has 0 atom stereocenters. The third kappa shape index (κ3) is 57.9. The molecule has 18 heavy (non-hydrogen) atoms. The molecule has 7 nitrogen and oxygen atoms in total. The molecular formula is C10H17N4O3Tc. The summed E-state index contributed by atoms with van der Waals surface area (Å²) in [6.45, 7) is 18.0. The zero-order valence-electron chi connectivity index (χ0n) is 10.2. The predicted octanol–water partition coefficient (Wildman–Crippen LogP) is -0.188. The van der Waals surface area contributed by atoms with Crippen LogP contribution in [0.3, 0.4) is 0 Å². The summed E-state index contributed by atoms with van der Waals surface area (Å²) in [7, 11) is 1.92. The van der Waals surface area contributed by atoms with Crippen LogP contribution in [0.4, 0.5) is 0 Å². The fourth-order valence-corrected chi connectivity index (χ4v) is 0.635. The second kappa shape index (κ2) is 54.9. The van der Waals surface area contributed by atoms with E-state index in [2.05, 4.69) is 36.3 Å². The average Bonchev–Trinajstić information content (AvgIpc) is 2.45. The van der Waals surface area contributed by atoms with Crippen molar-refractivity contribution in [2.75, 3.05) is 46.3 Å². The van der Waals surface area contributed by atoms with Gasteiger partial charge in [-0.3, -0.25) is 0 Å². The van der Waals surface area contributed by atoms with Gasteiger partial charge in [0.05, 0.1) is 0 Å². The van der Waals surface area contributed by atoms with E-state index < -0.39 is 0 Å². The molecule has 0 aliphatic carbocycles. The molecule has 102 valence electrons. The molecule has 0 saturated heterocycles. The van der Waals surface area contributed by atoms with Crippen molar-refractivity contribution in [1.82, 2.24) is 5.32 Å². The monoisotopic (exact) mass is 338 g/mol. The zero-order valence-corrected chi connectivity index (χ0v) is 12.1. The maximum atomic E-state index is 7.50. The SMILES string of the molecule is CNCC[N-]CC[N-]CC[NH-].[C-]=O.[C-]=O.[C-]=O.[Tc+6]. The van der Waals surface area contributed by atoms with Crippen LogP contribution in [0.25, 0.3) is 16.4 Å². The Morgan fingerprint density at radius 1 is 0.889 bits per heavy atom. The fraction of sp³-hybridized carbons (Fsp3) is 0.700. The number of rotatable bonds is 8. The summed E-state index contributed by atoms with van der Waals surface area (Å²) in [5, 5.41) is 11.3. The van der Waals surface area contributed by atoms with Crippen molar-refractivity contribution in [1.29, 1.82) is 0 Å². The maximum Gasteiger partial charge on any atom is 6.00 e. The fourth-order valence-electron chi connectivity index (χ4n) is 0.635. The molecule has 0 spiro atoms. The normalized spacial score (nSPS) is 7.00. The number of nitrogens with zero attached hydrogens (tertiary/aromatic N) is 2. The van der Waals surface area contributed by atoms with Crippen molar-refractivity contribution in [2.45, 2.75) is 0 Å². The van der Waals surface area contributed by atoms with Gasteiger partial charge in [0.1, 0.15) is 0 Å². The minimum Gasteiger partial charge on any atom is -0.679 e. The number of carbonyl (C=O) groups excluding carboxylic acids is 3. The van der Waals surface area contributed by atoms with Crippen LogP contribution in [-0.2, 0) is 34.5 Å². The van der Waals surface area contributed by atoms with Crippen LogP contribution >= 0.6 is 0 Å². The van der Waals surface area contributed by atoms with Crippen LogP contribution in [-0.4, -0.2) is 66.7 Å². The van der Waals surface area contributed by atoms with Crippen LogP contribution in [0.2, 0.25) is 0 Å². The minimum atomic E-state index is 0. The molecule has 0 saturated carbocycles. The summed E-state index contributed by atoms with van der Waals surface area (Å²) in [6, 6.07) is 0. The number of nitrogens with one attached hydrogen (secondary N) is 2. The Bertz CT molecular complexity index is 102. The van der Waals surface area contributed by atoms with Gasteiger partial charge in [-0.15, -0.1) is 6.54 Å². The van der Waals surface area contributed by atoms with Gasteiger partial charge in [-0.1, -0.05) is 0 Å². The molecule has 0 fully saturated rings. The first kappa shape index (κ1) is 30.5. The molecule has 0 aromatic heterocycles. The Labute approximate surface area is 123 Å². The molecule has 0 aromatic rings. The Morgan fingerprint density at radius 3 is 1.61 bits per heavy atom. The van der Waals surface area contributed by atoms with E-state index in [1.165, 1.54) is 0 Å². The molecule has 4 radical (unpaired) electrons. The van der Waals surface area contributed by atoms with Gasteiger partial charge in [0, 0.05) is 0 Å². The Balaban J connectivity index is -0.0000000700. The molecule has 0 aromatic carbocycles. The summed E-state index contributed by atoms with van der Waals surface area (Å²) in [6.07, 6.45) is 0. The largest absolute Gasteiger partial charge is 6.00 e. The standard InChI is InChI=1S/C7H17N4.3CO.Tc/c1-9-4-5-11-7-6-10-3-2-8;3*1-2;/h8-9H,2-7H2,1H3;;;;/q-3;3*-1;+6. The molecule has 2 N–H and O–H groups in total. The van der Waals surface area contributed by atoms with Gasteiger partial charge in [0.15, 0.2) is 0 Å². The molecular weight excluding hydrogens is 322 g/mol. The van der Waals surface area contributed by atoms with Gasteiger partial charge >= 0.3 is 20.1 Å². The summed E-state index contributed by atoms with van der Waals surface area (Å²) in [5.41, 5.74) is 6.81. The number of hydrogen-bond acceptors (Lipinski definition) is 4. The van der Waals surface area contributed by atoms with Crippen LogP contribution in [0, 0.1) is 0 Å². The van der Waals surface area contributed by atoms with E-state index in [4.69, 9.17) is 20.1 Å². The zero-order chi connectivity index (χ0) is 14.4. The number of likely N-dealkylation sites (N-methyl/N-ethyl adjacent to an activating group) is 1. The molecule has 0 bridgehead atoms. The topological polar surface area (TPSA) is 115 Å². The molecule has 8 heteroatoms. The van der Waals surface area contributed by atoms with E-state index in [1.807, 2.05) is 7.05 Å². The first-order valence-corrected chi connectivity index (χ1v) is 4.58. The molecule has 0 amide bonds. The predicted molar refractivity (Wildman–Crippen MR) is 66.4 cm³/mol. The van der Waals surface area contributed by atoms with Crippen molar-refractivity contribution < 1.29 is 34.5 Å². The first-order valence-electron chi connectivity index (χ1n) is 4.58. The molecule has 0 heterocycles. The van der Waals surface area contributed by atoms with Crippen molar-refractivity contribution >= 4 is 20.4 Å². The third-order valence-electron chi connectivity index (χ3n) is 1.21. The van der Waals surface area contributed by atoms with E-state index >= 15 is 0 Å². The van der Waals surface area contributed by atoms with E-state index in [0.717, 1.165) is 26.2 Å². The van der Waals surface area contributed by atoms with Gasteiger partial charge in [-0.25, -0.2) is 0 Å². The Hall–Kier alpha value is -0.501. The Morgan fingerprint density at radius 2 is 1.28 bits per heavy atom. The van der Waals surface area contributed by atoms with Crippen molar-refractivity contribution in [3.05, 3.63) is 16.4 Å². The second-order valence-corrected chi connectivity index (χ2v) is 2.20. The van der Waals surface area contributed by atoms with Gasteiger partial charge in [-0.2, -0.15) is 26.2 Å². The summed E-state index contributed by atoms with van der Waals surface area (Å²) < 4.78 is 0. The van der Waals surface area contributed by atoms with Crippen LogP contribution in [0.15, 0.2) is 0 Å². The van der Waals surface area contributed by atoms with Crippen molar-refractivity contribution in [2.24, 2.45) is 0 Å². The maximum absolute atomic E-state index is 7.50. The van der Waals surface area contributed by atoms with Gasteiger partial charge in [-0.05, 0) is 13.6 Å². The van der Waals surface area contributed by atoms with E-state index in [-0.39, 0.29) is 20.1 Å². The molecule has 0 rings (SSSR count). The Kier molecular flexibility index (Phi) is 92.9. The quantitative estimate of drug-likeness (QED) is 0.487.